The second-order valence-corrected chi connectivity index (χ2v) is 8.16. The van der Waals surface area contributed by atoms with Crippen molar-refractivity contribution in [2.45, 2.75) is 33.2 Å². The van der Waals surface area contributed by atoms with E-state index in [4.69, 9.17) is 4.52 Å². The molecule has 2 heterocycles. The largest absolute Gasteiger partial charge is 0.361 e. The van der Waals surface area contributed by atoms with Crippen LogP contribution in [0.4, 0.5) is 0 Å². The topological polar surface area (TPSA) is 49.6 Å². The average Bonchev–Trinajstić information content (AvgIpc) is 2.89. The second kappa shape index (κ2) is 10.5. The fourth-order valence-electron chi connectivity index (χ4n) is 3.39. The van der Waals surface area contributed by atoms with E-state index >= 15 is 0 Å². The van der Waals surface area contributed by atoms with E-state index in [-0.39, 0.29) is 5.91 Å². The number of hydrogen-bond acceptors (Lipinski definition) is 5. The lowest BCUT2D eigenvalue weighted by atomic mass is 10.2. The molecule has 0 radical (unpaired) electrons. The molecule has 0 unspecified atom stereocenters. The van der Waals surface area contributed by atoms with Crippen molar-refractivity contribution in [2.24, 2.45) is 0 Å². The number of hydrogen-bond donors (Lipinski definition) is 0. The molecule has 1 aliphatic heterocycles. The Morgan fingerprint density at radius 2 is 2.00 bits per heavy atom. The maximum atomic E-state index is 12.6. The van der Waals surface area contributed by atoms with E-state index < -0.39 is 0 Å². The predicted octanol–water partition coefficient (Wildman–Crippen LogP) is 4.12. The summed E-state index contributed by atoms with van der Waals surface area (Å²) in [5, 5.41) is 6.12. The third kappa shape index (κ3) is 5.97. The normalized spacial score (nSPS) is 15.9. The van der Waals surface area contributed by atoms with Crippen molar-refractivity contribution in [2.75, 3.05) is 31.9 Å². The molecule has 1 aromatic heterocycles. The van der Waals surface area contributed by atoms with Gasteiger partial charge in [0.05, 0.1) is 5.69 Å². The molecule has 0 bridgehead atoms. The molecule has 2 aromatic rings. The van der Waals surface area contributed by atoms with E-state index in [1.54, 1.807) is 11.8 Å². The van der Waals surface area contributed by atoms with Crippen LogP contribution in [0.5, 0.6) is 0 Å². The van der Waals surface area contributed by atoms with Crippen LogP contribution in [0.25, 0.3) is 6.08 Å². The van der Waals surface area contributed by atoms with Gasteiger partial charge in [0.1, 0.15) is 5.76 Å². The fraction of sp³-hybridized carbons (Fsp3) is 0.455. The van der Waals surface area contributed by atoms with E-state index in [2.05, 4.69) is 33.7 Å². The smallest absolute Gasteiger partial charge is 0.223 e. The number of amides is 1. The molecule has 1 amide bonds. The standard InChI is InChI=1S/C22H29N3O2S/c1-18-21(19(2)27-23-18)17-24-11-6-12-25(14-13-24)22(26)10-16-28-15-9-20-7-4-3-5-8-20/h3-5,7-9,15H,6,10-14,16-17H2,1-2H3. The molecule has 0 spiro atoms. The van der Waals surface area contributed by atoms with Gasteiger partial charge in [-0.3, -0.25) is 9.69 Å². The summed E-state index contributed by atoms with van der Waals surface area (Å²) in [6, 6.07) is 10.2. The van der Waals surface area contributed by atoms with Gasteiger partial charge in [0, 0.05) is 50.5 Å². The van der Waals surface area contributed by atoms with Crippen LogP contribution in [0.2, 0.25) is 0 Å². The zero-order chi connectivity index (χ0) is 19.8. The van der Waals surface area contributed by atoms with Gasteiger partial charge in [0.2, 0.25) is 5.91 Å². The van der Waals surface area contributed by atoms with Crippen molar-refractivity contribution in [1.82, 2.24) is 15.0 Å². The molecule has 0 N–H and O–H groups in total. The Labute approximate surface area is 171 Å². The average molecular weight is 400 g/mol. The van der Waals surface area contributed by atoms with E-state index in [0.717, 1.165) is 56.4 Å². The quantitative estimate of drug-likeness (QED) is 0.656. The van der Waals surface area contributed by atoms with Crippen LogP contribution in [0, 0.1) is 13.8 Å². The summed E-state index contributed by atoms with van der Waals surface area (Å²) in [5.41, 5.74) is 3.34. The molecular weight excluding hydrogens is 370 g/mol. The monoisotopic (exact) mass is 399 g/mol. The first-order chi connectivity index (χ1) is 13.6. The maximum absolute atomic E-state index is 12.6. The van der Waals surface area contributed by atoms with Gasteiger partial charge in [-0.25, -0.2) is 0 Å². The highest BCUT2D eigenvalue weighted by Gasteiger charge is 2.20. The summed E-state index contributed by atoms with van der Waals surface area (Å²) < 4.78 is 5.27. The zero-order valence-electron chi connectivity index (χ0n) is 16.8. The minimum absolute atomic E-state index is 0.264. The SMILES string of the molecule is Cc1noc(C)c1CN1CCCN(C(=O)CCSC=Cc2ccccc2)CC1. The van der Waals surface area contributed by atoms with Crippen LogP contribution in [0.15, 0.2) is 40.3 Å². The van der Waals surface area contributed by atoms with Gasteiger partial charge in [-0.1, -0.05) is 35.5 Å². The van der Waals surface area contributed by atoms with Gasteiger partial charge in [0.25, 0.3) is 0 Å². The molecule has 1 saturated heterocycles. The number of rotatable bonds is 7. The molecule has 3 rings (SSSR count). The van der Waals surface area contributed by atoms with Crippen molar-refractivity contribution in [3.05, 3.63) is 58.3 Å². The predicted molar refractivity (Wildman–Crippen MR) is 115 cm³/mol. The van der Waals surface area contributed by atoms with Gasteiger partial charge in [-0.2, -0.15) is 0 Å². The molecule has 0 saturated carbocycles. The van der Waals surface area contributed by atoms with Gasteiger partial charge in [-0.15, -0.1) is 11.8 Å². The Hall–Kier alpha value is -2.05. The third-order valence-electron chi connectivity index (χ3n) is 5.09. The molecule has 0 atom stereocenters. The summed E-state index contributed by atoms with van der Waals surface area (Å²) in [6.07, 6.45) is 3.69. The number of benzene rings is 1. The highest BCUT2D eigenvalue weighted by molar-refractivity contribution is 8.02. The summed E-state index contributed by atoms with van der Waals surface area (Å²) in [7, 11) is 0. The molecule has 5 nitrogen and oxygen atoms in total. The number of nitrogens with zero attached hydrogens (tertiary/aromatic N) is 3. The lowest BCUT2D eigenvalue weighted by molar-refractivity contribution is -0.130. The van der Waals surface area contributed by atoms with E-state index in [9.17, 15) is 4.79 Å². The number of aryl methyl sites for hydroxylation is 2. The van der Waals surface area contributed by atoms with E-state index in [0.29, 0.717) is 6.42 Å². The van der Waals surface area contributed by atoms with E-state index in [1.807, 2.05) is 36.9 Å². The van der Waals surface area contributed by atoms with Crippen LogP contribution < -0.4 is 0 Å². The Kier molecular flexibility index (Phi) is 7.74. The van der Waals surface area contributed by atoms with Crippen LogP contribution >= 0.6 is 11.8 Å². The molecule has 6 heteroatoms. The summed E-state index contributed by atoms with van der Waals surface area (Å²) in [4.78, 5) is 17.0. The summed E-state index contributed by atoms with van der Waals surface area (Å²) >= 11 is 1.70. The summed E-state index contributed by atoms with van der Waals surface area (Å²) in [5.74, 6) is 1.98. The van der Waals surface area contributed by atoms with Crippen molar-refractivity contribution in [3.63, 3.8) is 0 Å². The molecule has 28 heavy (non-hydrogen) atoms. The molecule has 150 valence electrons. The van der Waals surface area contributed by atoms with Crippen molar-refractivity contribution < 1.29 is 9.32 Å². The van der Waals surface area contributed by atoms with Gasteiger partial charge >= 0.3 is 0 Å². The number of carbonyl (C=O) groups excluding carboxylic acids is 1. The fourth-order valence-corrected chi connectivity index (χ4v) is 4.07. The van der Waals surface area contributed by atoms with Crippen molar-refractivity contribution in [3.8, 4) is 0 Å². The number of aromatic nitrogens is 1. The Morgan fingerprint density at radius 3 is 2.75 bits per heavy atom. The molecular formula is C22H29N3O2S. The van der Waals surface area contributed by atoms with Crippen LogP contribution in [0.3, 0.4) is 0 Å². The Morgan fingerprint density at radius 1 is 1.18 bits per heavy atom. The highest BCUT2D eigenvalue weighted by Crippen LogP contribution is 2.17. The van der Waals surface area contributed by atoms with Gasteiger partial charge in [0.15, 0.2) is 0 Å². The van der Waals surface area contributed by atoms with Crippen LogP contribution in [0.1, 0.15) is 35.4 Å². The first-order valence-electron chi connectivity index (χ1n) is 9.88. The molecule has 1 aliphatic rings. The second-order valence-electron chi connectivity index (χ2n) is 7.15. The number of carbonyl (C=O) groups is 1. The third-order valence-corrected chi connectivity index (χ3v) is 5.86. The first kappa shape index (κ1) is 20.7. The zero-order valence-corrected chi connectivity index (χ0v) is 17.6. The van der Waals surface area contributed by atoms with Crippen LogP contribution in [-0.2, 0) is 11.3 Å². The maximum Gasteiger partial charge on any atom is 0.223 e. The van der Waals surface area contributed by atoms with Crippen LogP contribution in [-0.4, -0.2) is 52.8 Å². The number of thioether (sulfide) groups is 1. The molecule has 1 aromatic carbocycles. The van der Waals surface area contributed by atoms with Crippen molar-refractivity contribution >= 4 is 23.7 Å². The Bertz CT molecular complexity index is 769. The minimum Gasteiger partial charge on any atom is -0.361 e. The molecule has 0 aliphatic carbocycles. The summed E-state index contributed by atoms with van der Waals surface area (Å²) in [6.45, 7) is 8.35. The Balaban J connectivity index is 1.40. The lowest BCUT2D eigenvalue weighted by Crippen LogP contribution is -2.35. The van der Waals surface area contributed by atoms with E-state index in [1.165, 1.54) is 11.1 Å². The highest BCUT2D eigenvalue weighted by atomic mass is 32.2. The lowest BCUT2D eigenvalue weighted by Gasteiger charge is -2.22. The van der Waals surface area contributed by atoms with Gasteiger partial charge < -0.3 is 9.42 Å². The molecule has 1 fully saturated rings. The van der Waals surface area contributed by atoms with Crippen molar-refractivity contribution in [1.29, 1.82) is 0 Å². The van der Waals surface area contributed by atoms with Gasteiger partial charge in [-0.05, 0) is 37.3 Å². The first-order valence-corrected chi connectivity index (χ1v) is 10.9. The minimum atomic E-state index is 0.264.